The maximum Gasteiger partial charge on any atom is 0.152 e. The van der Waals surface area contributed by atoms with Gasteiger partial charge in [-0.2, -0.15) is 0 Å². The first kappa shape index (κ1) is 12.6. The van der Waals surface area contributed by atoms with E-state index in [1.165, 1.54) is 5.56 Å². The average Bonchev–Trinajstić information content (AvgIpc) is 2.38. The van der Waals surface area contributed by atoms with Gasteiger partial charge in [0.1, 0.15) is 0 Å². The van der Waals surface area contributed by atoms with E-state index in [-0.39, 0.29) is 17.7 Å². The smallest absolute Gasteiger partial charge is 0.152 e. The fourth-order valence-electron chi connectivity index (χ4n) is 2.32. The summed E-state index contributed by atoms with van der Waals surface area (Å²) in [5.74, 6) is 0.776. The van der Waals surface area contributed by atoms with Gasteiger partial charge < -0.3 is 5.32 Å². The number of nitrogens with one attached hydrogen (secondary N) is 1. The Morgan fingerprint density at radius 3 is 2.65 bits per heavy atom. The fraction of sp³-hybridized carbons (Fsp3) is 0.538. The Morgan fingerprint density at radius 2 is 1.94 bits per heavy atom. The van der Waals surface area contributed by atoms with Gasteiger partial charge in [-0.1, -0.05) is 37.3 Å². The summed E-state index contributed by atoms with van der Waals surface area (Å²) >= 11 is 0. The van der Waals surface area contributed by atoms with Crippen molar-refractivity contribution in [3.05, 3.63) is 35.9 Å². The lowest BCUT2D eigenvalue weighted by atomic mass is 10.1. The van der Waals surface area contributed by atoms with Gasteiger partial charge in [0.15, 0.2) is 9.84 Å². The summed E-state index contributed by atoms with van der Waals surface area (Å²) in [6.45, 7) is 2.77. The van der Waals surface area contributed by atoms with E-state index in [9.17, 15) is 8.42 Å². The SMILES string of the molecule is CC1CNC(Cc2ccccc2)CS(=O)(=O)C1. The average molecular weight is 253 g/mol. The Balaban J connectivity index is 2.06. The van der Waals surface area contributed by atoms with Crippen molar-refractivity contribution in [2.24, 2.45) is 5.92 Å². The van der Waals surface area contributed by atoms with Gasteiger partial charge in [0.05, 0.1) is 11.5 Å². The third kappa shape index (κ3) is 3.82. The Hall–Kier alpha value is -0.870. The van der Waals surface area contributed by atoms with Crippen molar-refractivity contribution in [1.82, 2.24) is 5.32 Å². The highest BCUT2D eigenvalue weighted by molar-refractivity contribution is 7.91. The van der Waals surface area contributed by atoms with E-state index < -0.39 is 9.84 Å². The molecule has 4 heteroatoms. The fourth-order valence-corrected chi connectivity index (χ4v) is 4.29. The highest BCUT2D eigenvalue weighted by atomic mass is 32.2. The number of hydrogen-bond acceptors (Lipinski definition) is 3. The van der Waals surface area contributed by atoms with Crippen molar-refractivity contribution in [3.8, 4) is 0 Å². The second-order valence-corrected chi connectivity index (χ2v) is 7.13. The first-order valence-electron chi connectivity index (χ1n) is 6.03. The van der Waals surface area contributed by atoms with E-state index >= 15 is 0 Å². The van der Waals surface area contributed by atoms with E-state index in [0.717, 1.165) is 13.0 Å². The molecule has 2 unspecified atom stereocenters. The van der Waals surface area contributed by atoms with Crippen LogP contribution in [0.1, 0.15) is 12.5 Å². The molecule has 1 saturated heterocycles. The molecule has 0 amide bonds. The molecule has 1 aromatic rings. The second-order valence-electron chi connectivity index (χ2n) is 4.98. The lowest BCUT2D eigenvalue weighted by molar-refractivity contribution is 0.502. The summed E-state index contributed by atoms with van der Waals surface area (Å²) in [4.78, 5) is 0. The molecule has 1 N–H and O–H groups in total. The largest absolute Gasteiger partial charge is 0.312 e. The summed E-state index contributed by atoms with van der Waals surface area (Å²) < 4.78 is 23.7. The third-order valence-electron chi connectivity index (χ3n) is 3.07. The van der Waals surface area contributed by atoms with E-state index in [4.69, 9.17) is 0 Å². The summed E-state index contributed by atoms with van der Waals surface area (Å²) in [7, 11) is -2.90. The van der Waals surface area contributed by atoms with Crippen LogP contribution in [-0.4, -0.2) is 32.5 Å². The summed E-state index contributed by atoms with van der Waals surface area (Å²) in [6.07, 6.45) is 0.785. The highest BCUT2D eigenvalue weighted by Gasteiger charge is 2.25. The van der Waals surface area contributed by atoms with Crippen LogP contribution in [0.3, 0.4) is 0 Å². The van der Waals surface area contributed by atoms with Gasteiger partial charge in [-0.05, 0) is 24.4 Å². The Bertz CT molecular complexity index is 456. The zero-order valence-corrected chi connectivity index (χ0v) is 10.9. The molecule has 2 rings (SSSR count). The number of sulfone groups is 1. The van der Waals surface area contributed by atoms with Crippen molar-refractivity contribution in [1.29, 1.82) is 0 Å². The van der Waals surface area contributed by atoms with Crippen LogP contribution in [0.15, 0.2) is 30.3 Å². The monoisotopic (exact) mass is 253 g/mol. The Kier molecular flexibility index (Phi) is 3.84. The molecule has 3 nitrogen and oxygen atoms in total. The van der Waals surface area contributed by atoms with Crippen molar-refractivity contribution < 1.29 is 8.42 Å². The van der Waals surface area contributed by atoms with E-state index in [1.807, 2.05) is 37.3 Å². The standard InChI is InChI=1S/C13H19NO2S/c1-11-8-14-13(10-17(15,16)9-11)7-12-5-3-2-4-6-12/h2-6,11,13-14H,7-10H2,1H3. The predicted molar refractivity (Wildman–Crippen MR) is 69.8 cm³/mol. The van der Waals surface area contributed by atoms with Gasteiger partial charge in [0, 0.05) is 6.04 Å². The first-order chi connectivity index (χ1) is 8.05. The number of hydrogen-bond donors (Lipinski definition) is 1. The minimum atomic E-state index is -2.90. The van der Waals surface area contributed by atoms with Crippen molar-refractivity contribution in [2.75, 3.05) is 18.1 Å². The summed E-state index contributed by atoms with van der Waals surface area (Å²) in [6, 6.07) is 10.1. The molecule has 1 aliphatic heterocycles. The molecule has 1 aliphatic rings. The molecule has 0 radical (unpaired) electrons. The van der Waals surface area contributed by atoms with Crippen molar-refractivity contribution in [2.45, 2.75) is 19.4 Å². The lowest BCUT2D eigenvalue weighted by Crippen LogP contribution is -2.35. The van der Waals surface area contributed by atoms with Crippen LogP contribution in [0, 0.1) is 5.92 Å². The quantitative estimate of drug-likeness (QED) is 0.863. The molecule has 94 valence electrons. The normalized spacial score (nSPS) is 28.5. The van der Waals surface area contributed by atoms with E-state index in [1.54, 1.807) is 0 Å². The van der Waals surface area contributed by atoms with Gasteiger partial charge in [0.2, 0.25) is 0 Å². The minimum Gasteiger partial charge on any atom is -0.312 e. The van der Waals surface area contributed by atoms with Crippen LogP contribution in [-0.2, 0) is 16.3 Å². The lowest BCUT2D eigenvalue weighted by Gasteiger charge is -2.15. The van der Waals surface area contributed by atoms with Crippen LogP contribution < -0.4 is 5.32 Å². The van der Waals surface area contributed by atoms with Crippen LogP contribution >= 0.6 is 0 Å². The van der Waals surface area contributed by atoms with Crippen molar-refractivity contribution >= 4 is 9.84 Å². The molecule has 0 aliphatic carbocycles. The molecule has 17 heavy (non-hydrogen) atoms. The Morgan fingerprint density at radius 1 is 1.24 bits per heavy atom. The van der Waals surface area contributed by atoms with Crippen LogP contribution in [0.5, 0.6) is 0 Å². The molecule has 0 bridgehead atoms. The number of rotatable bonds is 2. The summed E-state index contributed by atoms with van der Waals surface area (Å²) in [5.41, 5.74) is 1.19. The molecule has 0 aromatic heterocycles. The zero-order chi connectivity index (χ0) is 12.3. The summed E-state index contributed by atoms with van der Waals surface area (Å²) in [5, 5.41) is 3.36. The van der Waals surface area contributed by atoms with E-state index in [2.05, 4.69) is 5.32 Å². The van der Waals surface area contributed by atoms with Crippen LogP contribution in [0.4, 0.5) is 0 Å². The molecule has 1 aromatic carbocycles. The molecule has 0 spiro atoms. The maximum absolute atomic E-state index is 11.8. The molecular weight excluding hydrogens is 234 g/mol. The molecule has 2 atom stereocenters. The third-order valence-corrected chi connectivity index (χ3v) is 5.06. The van der Waals surface area contributed by atoms with Crippen LogP contribution in [0.2, 0.25) is 0 Å². The maximum atomic E-state index is 11.8. The highest BCUT2D eigenvalue weighted by Crippen LogP contribution is 2.12. The van der Waals surface area contributed by atoms with Gasteiger partial charge in [-0.15, -0.1) is 0 Å². The molecule has 0 saturated carbocycles. The van der Waals surface area contributed by atoms with Gasteiger partial charge >= 0.3 is 0 Å². The zero-order valence-electron chi connectivity index (χ0n) is 10.1. The number of benzene rings is 1. The van der Waals surface area contributed by atoms with Crippen molar-refractivity contribution in [3.63, 3.8) is 0 Å². The van der Waals surface area contributed by atoms with Gasteiger partial charge in [0.25, 0.3) is 0 Å². The predicted octanol–water partition coefficient (Wildman–Crippen LogP) is 1.25. The van der Waals surface area contributed by atoms with Gasteiger partial charge in [-0.3, -0.25) is 0 Å². The molecule has 1 fully saturated rings. The first-order valence-corrected chi connectivity index (χ1v) is 7.85. The van der Waals surface area contributed by atoms with Crippen LogP contribution in [0.25, 0.3) is 0 Å². The molecule has 1 heterocycles. The minimum absolute atomic E-state index is 0.0485. The van der Waals surface area contributed by atoms with Gasteiger partial charge in [-0.25, -0.2) is 8.42 Å². The molecular formula is C13H19NO2S. The second kappa shape index (κ2) is 5.19. The Labute approximate surface area is 103 Å². The van der Waals surface area contributed by atoms with E-state index in [0.29, 0.717) is 5.75 Å². The topological polar surface area (TPSA) is 46.2 Å².